The quantitative estimate of drug-likeness (QED) is 0.833. The molecule has 1 aliphatic heterocycles. The zero-order valence-corrected chi connectivity index (χ0v) is 11.4. The Kier molecular flexibility index (Phi) is 3.87. The molecule has 1 unspecified atom stereocenters. The molecule has 1 atom stereocenters. The number of nitrogens with two attached hydrogens (primary N) is 1. The van der Waals surface area contributed by atoms with Gasteiger partial charge in [0, 0.05) is 6.54 Å². The predicted molar refractivity (Wildman–Crippen MR) is 68.6 cm³/mol. The van der Waals surface area contributed by atoms with Crippen LogP contribution in [0.4, 0.5) is 0 Å². The second kappa shape index (κ2) is 5.27. The monoisotopic (exact) mass is 281 g/mol. The van der Waals surface area contributed by atoms with Crippen LogP contribution in [0.1, 0.15) is 11.1 Å². The lowest BCUT2D eigenvalue weighted by atomic mass is 10.2. The van der Waals surface area contributed by atoms with Gasteiger partial charge in [-0.25, -0.2) is 8.42 Å². The van der Waals surface area contributed by atoms with Gasteiger partial charge in [0.05, 0.1) is 35.9 Å². The second-order valence-electron chi connectivity index (χ2n) is 4.35. The summed E-state index contributed by atoms with van der Waals surface area (Å²) in [7, 11) is -3.65. The average Bonchev–Trinajstić information content (AvgIpc) is 2.38. The van der Waals surface area contributed by atoms with E-state index in [1.165, 1.54) is 16.4 Å². The minimum absolute atomic E-state index is 0.184. The standard InChI is InChI=1S/C12H15N3O3S/c1-9-6-10(7-13)2-3-11(9)19(16,17)15-4-5-18-8-12(15)14/h2-3,6,12H,4-5,8,14H2,1H3. The van der Waals surface area contributed by atoms with E-state index in [9.17, 15) is 8.42 Å². The predicted octanol–water partition coefficient (Wildman–Crippen LogP) is 0.172. The summed E-state index contributed by atoms with van der Waals surface area (Å²) in [6, 6.07) is 6.48. The van der Waals surface area contributed by atoms with Crippen LogP contribution in [0.5, 0.6) is 0 Å². The van der Waals surface area contributed by atoms with Crippen LogP contribution >= 0.6 is 0 Å². The summed E-state index contributed by atoms with van der Waals surface area (Å²) >= 11 is 0. The number of hydrogen-bond acceptors (Lipinski definition) is 5. The van der Waals surface area contributed by atoms with Crippen LogP contribution in [-0.4, -0.2) is 38.6 Å². The van der Waals surface area contributed by atoms with Crippen molar-refractivity contribution in [2.45, 2.75) is 18.0 Å². The zero-order chi connectivity index (χ0) is 14.0. The number of hydrogen-bond donors (Lipinski definition) is 1. The fourth-order valence-electron chi connectivity index (χ4n) is 2.04. The van der Waals surface area contributed by atoms with Crippen LogP contribution in [-0.2, 0) is 14.8 Å². The molecule has 1 aromatic rings. The maximum Gasteiger partial charge on any atom is 0.244 e. The smallest absolute Gasteiger partial charge is 0.244 e. The number of sulfonamides is 1. The first-order valence-corrected chi connectivity index (χ1v) is 7.27. The van der Waals surface area contributed by atoms with E-state index in [2.05, 4.69) is 0 Å². The van der Waals surface area contributed by atoms with E-state index >= 15 is 0 Å². The number of nitrogens with zero attached hydrogens (tertiary/aromatic N) is 2. The summed E-state index contributed by atoms with van der Waals surface area (Å²) in [5.41, 5.74) is 6.75. The van der Waals surface area contributed by atoms with Gasteiger partial charge in [0.15, 0.2) is 0 Å². The first kappa shape index (κ1) is 14.0. The Morgan fingerprint density at radius 1 is 1.53 bits per heavy atom. The summed E-state index contributed by atoms with van der Waals surface area (Å²) in [6.45, 7) is 2.43. The van der Waals surface area contributed by atoms with Gasteiger partial charge >= 0.3 is 0 Å². The van der Waals surface area contributed by atoms with E-state index in [0.29, 0.717) is 17.7 Å². The largest absolute Gasteiger partial charge is 0.377 e. The van der Waals surface area contributed by atoms with Gasteiger partial charge in [-0.2, -0.15) is 9.57 Å². The zero-order valence-electron chi connectivity index (χ0n) is 10.5. The van der Waals surface area contributed by atoms with E-state index < -0.39 is 16.2 Å². The SMILES string of the molecule is Cc1cc(C#N)ccc1S(=O)(=O)N1CCOCC1N. The molecular formula is C12H15N3O3S. The molecule has 0 aromatic heterocycles. The lowest BCUT2D eigenvalue weighted by Crippen LogP contribution is -2.53. The fourth-order valence-corrected chi connectivity index (χ4v) is 3.73. The van der Waals surface area contributed by atoms with Gasteiger partial charge in [-0.1, -0.05) is 0 Å². The first-order chi connectivity index (χ1) is 8.96. The van der Waals surface area contributed by atoms with Crippen molar-refractivity contribution in [2.24, 2.45) is 5.73 Å². The van der Waals surface area contributed by atoms with E-state index in [1.54, 1.807) is 13.0 Å². The molecule has 1 aromatic carbocycles. The Balaban J connectivity index is 2.42. The number of benzene rings is 1. The summed E-state index contributed by atoms with van der Waals surface area (Å²) in [5.74, 6) is 0. The maximum atomic E-state index is 12.5. The lowest BCUT2D eigenvalue weighted by molar-refractivity contribution is 0.0350. The topological polar surface area (TPSA) is 96.4 Å². The fraction of sp³-hybridized carbons (Fsp3) is 0.417. The molecular weight excluding hydrogens is 266 g/mol. The van der Waals surface area contributed by atoms with Crippen molar-refractivity contribution in [2.75, 3.05) is 19.8 Å². The number of rotatable bonds is 2. The van der Waals surface area contributed by atoms with Crippen molar-refractivity contribution in [3.8, 4) is 6.07 Å². The Labute approximate surface area is 112 Å². The van der Waals surface area contributed by atoms with Crippen LogP contribution in [0.25, 0.3) is 0 Å². The normalized spacial score (nSPS) is 21.0. The third kappa shape index (κ3) is 2.62. The molecule has 0 spiro atoms. The average molecular weight is 281 g/mol. The van der Waals surface area contributed by atoms with Gasteiger partial charge in [0.2, 0.25) is 10.0 Å². The third-order valence-corrected chi connectivity index (χ3v) is 5.09. The minimum atomic E-state index is -3.65. The van der Waals surface area contributed by atoms with E-state index in [1.807, 2.05) is 6.07 Å². The van der Waals surface area contributed by atoms with Gasteiger partial charge in [-0.15, -0.1) is 0 Å². The van der Waals surface area contributed by atoms with Gasteiger partial charge in [0.25, 0.3) is 0 Å². The number of nitriles is 1. The van der Waals surface area contributed by atoms with Crippen molar-refractivity contribution in [1.29, 1.82) is 5.26 Å². The molecule has 7 heteroatoms. The highest BCUT2D eigenvalue weighted by atomic mass is 32.2. The van der Waals surface area contributed by atoms with Crippen molar-refractivity contribution in [3.63, 3.8) is 0 Å². The molecule has 2 N–H and O–H groups in total. The van der Waals surface area contributed by atoms with Crippen molar-refractivity contribution in [3.05, 3.63) is 29.3 Å². The Hall–Kier alpha value is -1.46. The Morgan fingerprint density at radius 3 is 2.84 bits per heavy atom. The lowest BCUT2D eigenvalue weighted by Gasteiger charge is -2.32. The number of ether oxygens (including phenoxy) is 1. The molecule has 0 radical (unpaired) electrons. The highest BCUT2D eigenvalue weighted by molar-refractivity contribution is 7.89. The molecule has 1 fully saturated rings. The van der Waals surface area contributed by atoms with Gasteiger partial charge in [-0.05, 0) is 30.7 Å². The Bertz CT molecular complexity index is 622. The first-order valence-electron chi connectivity index (χ1n) is 5.83. The third-order valence-electron chi connectivity index (χ3n) is 3.01. The van der Waals surface area contributed by atoms with Crippen LogP contribution in [0, 0.1) is 18.3 Å². The Morgan fingerprint density at radius 2 is 2.26 bits per heavy atom. The highest BCUT2D eigenvalue weighted by Crippen LogP contribution is 2.22. The molecule has 1 heterocycles. The van der Waals surface area contributed by atoms with Crippen LogP contribution in [0.3, 0.4) is 0 Å². The molecule has 2 rings (SSSR count). The number of aryl methyl sites for hydroxylation is 1. The molecule has 0 amide bonds. The summed E-state index contributed by atoms with van der Waals surface area (Å²) in [5, 5.41) is 8.80. The van der Waals surface area contributed by atoms with Crippen LogP contribution in [0.15, 0.2) is 23.1 Å². The van der Waals surface area contributed by atoms with Crippen molar-refractivity contribution in [1.82, 2.24) is 4.31 Å². The molecule has 19 heavy (non-hydrogen) atoms. The van der Waals surface area contributed by atoms with Gasteiger partial charge in [-0.3, -0.25) is 0 Å². The van der Waals surface area contributed by atoms with Crippen molar-refractivity contribution >= 4 is 10.0 Å². The van der Waals surface area contributed by atoms with E-state index in [0.717, 1.165) is 0 Å². The molecule has 6 nitrogen and oxygen atoms in total. The highest BCUT2D eigenvalue weighted by Gasteiger charge is 2.32. The van der Waals surface area contributed by atoms with Crippen molar-refractivity contribution < 1.29 is 13.2 Å². The summed E-state index contributed by atoms with van der Waals surface area (Å²) in [6.07, 6.45) is -0.672. The van der Waals surface area contributed by atoms with Crippen LogP contribution < -0.4 is 5.73 Å². The van der Waals surface area contributed by atoms with Crippen LogP contribution in [0.2, 0.25) is 0 Å². The molecule has 0 saturated carbocycles. The molecule has 1 aliphatic rings. The molecule has 0 aliphatic carbocycles. The van der Waals surface area contributed by atoms with E-state index in [-0.39, 0.29) is 18.0 Å². The summed E-state index contributed by atoms with van der Waals surface area (Å²) in [4.78, 5) is 0.184. The van der Waals surface area contributed by atoms with Gasteiger partial charge in [0.1, 0.15) is 0 Å². The van der Waals surface area contributed by atoms with E-state index in [4.69, 9.17) is 15.7 Å². The molecule has 102 valence electrons. The maximum absolute atomic E-state index is 12.5. The molecule has 0 bridgehead atoms. The van der Waals surface area contributed by atoms with Gasteiger partial charge < -0.3 is 10.5 Å². The molecule has 1 saturated heterocycles. The minimum Gasteiger partial charge on any atom is -0.377 e. The number of morpholine rings is 1. The summed E-state index contributed by atoms with van der Waals surface area (Å²) < 4.78 is 31.4. The second-order valence-corrected chi connectivity index (χ2v) is 6.21.